The Balaban J connectivity index is 1.18. The molecule has 0 spiro atoms. The molecule has 200 valence electrons. The molecule has 0 bridgehead atoms. The molecule has 3 N–H and O–H groups in total. The van der Waals surface area contributed by atoms with Gasteiger partial charge in [0.15, 0.2) is 17.4 Å². The summed E-state index contributed by atoms with van der Waals surface area (Å²) >= 11 is 0. The number of aromatic nitrogens is 1. The number of pyridine rings is 1. The smallest absolute Gasteiger partial charge is 0.259 e. The standard InChI is InChI=1S/C30H27F2N3O4/c31-23-14-18(35-29(36)22-4-2-1-3-5-26(22)38-19-6-7-19)15-24(32)28(23)39-27-10-13-34-25-16-20(8-9-21(25)27)37-17-30(33)11-12-30/h1,3-5,8-10,13-16,19H,2,6-7,11-12,17,33H2,(H,35,36). The molecule has 7 nitrogen and oxygen atoms in total. The molecule has 1 heterocycles. The van der Waals surface area contributed by atoms with Crippen molar-refractivity contribution in [3.63, 3.8) is 0 Å². The first kappa shape index (κ1) is 25.1. The maximum absolute atomic E-state index is 15.1. The van der Waals surface area contributed by atoms with Crippen LogP contribution in [0, 0.1) is 11.6 Å². The fraction of sp³-hybridized carbons (Fsp3) is 0.267. The lowest BCUT2D eigenvalue weighted by molar-refractivity contribution is -0.113. The van der Waals surface area contributed by atoms with E-state index in [0.717, 1.165) is 37.8 Å². The minimum absolute atomic E-state index is 0.0408. The zero-order valence-corrected chi connectivity index (χ0v) is 21.1. The van der Waals surface area contributed by atoms with Crippen molar-refractivity contribution in [3.05, 3.63) is 89.9 Å². The van der Waals surface area contributed by atoms with Gasteiger partial charge in [0.2, 0.25) is 0 Å². The molecule has 3 aliphatic rings. The average Bonchev–Trinajstić information content (AvgIpc) is 3.84. The molecule has 6 rings (SSSR count). The molecule has 1 aromatic heterocycles. The zero-order chi connectivity index (χ0) is 27.0. The van der Waals surface area contributed by atoms with Crippen molar-refractivity contribution in [3.8, 4) is 17.2 Å². The van der Waals surface area contributed by atoms with Crippen LogP contribution in [0.25, 0.3) is 10.9 Å². The maximum atomic E-state index is 15.1. The summed E-state index contributed by atoms with van der Waals surface area (Å²) in [7, 11) is 0. The van der Waals surface area contributed by atoms with Gasteiger partial charge in [0.1, 0.15) is 23.9 Å². The van der Waals surface area contributed by atoms with Crippen molar-refractivity contribution < 1.29 is 27.8 Å². The molecule has 9 heteroatoms. The third-order valence-electron chi connectivity index (χ3n) is 6.73. The molecule has 0 aliphatic heterocycles. The maximum Gasteiger partial charge on any atom is 0.259 e. The van der Waals surface area contributed by atoms with Crippen LogP contribution in [0.3, 0.4) is 0 Å². The molecule has 39 heavy (non-hydrogen) atoms. The largest absolute Gasteiger partial charge is 0.492 e. The number of carbonyl (C=O) groups is 1. The Hall–Kier alpha value is -4.24. The lowest BCUT2D eigenvalue weighted by atomic mass is 10.1. The number of halogens is 2. The van der Waals surface area contributed by atoms with Crippen molar-refractivity contribution in [2.75, 3.05) is 11.9 Å². The van der Waals surface area contributed by atoms with Gasteiger partial charge in [0.25, 0.3) is 5.91 Å². The summed E-state index contributed by atoms with van der Waals surface area (Å²) in [5, 5.41) is 3.13. The minimum Gasteiger partial charge on any atom is -0.492 e. The Kier molecular flexibility index (Phi) is 6.52. The van der Waals surface area contributed by atoms with Crippen molar-refractivity contribution in [2.24, 2.45) is 5.73 Å². The Labute approximate surface area is 224 Å². The van der Waals surface area contributed by atoms with Crippen LogP contribution in [0.1, 0.15) is 32.1 Å². The van der Waals surface area contributed by atoms with E-state index in [9.17, 15) is 4.79 Å². The second kappa shape index (κ2) is 10.1. The van der Waals surface area contributed by atoms with Gasteiger partial charge in [-0.15, -0.1) is 0 Å². The van der Waals surface area contributed by atoms with Gasteiger partial charge in [-0.1, -0.05) is 18.2 Å². The quantitative estimate of drug-likeness (QED) is 0.348. The lowest BCUT2D eigenvalue weighted by Crippen LogP contribution is -2.29. The number of nitrogens with two attached hydrogens (primary N) is 1. The Morgan fingerprint density at radius 3 is 2.67 bits per heavy atom. The van der Waals surface area contributed by atoms with Gasteiger partial charge in [-0.2, -0.15) is 0 Å². The topological polar surface area (TPSA) is 95.7 Å². The second-order valence-corrected chi connectivity index (χ2v) is 10.1. The SMILES string of the molecule is NC1(COc2ccc3c(Oc4c(F)cc(NC(=O)C5=CCC=CC=C5OC5CC5)cc4F)ccnc3c2)CC1. The number of hydrogen-bond acceptors (Lipinski definition) is 6. The van der Waals surface area contributed by atoms with Crippen LogP contribution in [0.5, 0.6) is 17.2 Å². The number of allylic oxidation sites excluding steroid dienone is 4. The highest BCUT2D eigenvalue weighted by Gasteiger charge is 2.39. The van der Waals surface area contributed by atoms with Gasteiger partial charge in [0.05, 0.1) is 22.7 Å². The number of fused-ring (bicyclic) bond motifs is 1. The summed E-state index contributed by atoms with van der Waals surface area (Å²) in [4.78, 5) is 17.3. The molecule has 3 aliphatic carbocycles. The van der Waals surface area contributed by atoms with E-state index in [1.165, 1.54) is 12.3 Å². The summed E-state index contributed by atoms with van der Waals surface area (Å²) in [5.74, 6) is -1.77. The number of carbonyl (C=O) groups excluding carboxylic acids is 1. The molecule has 3 aromatic rings. The van der Waals surface area contributed by atoms with E-state index < -0.39 is 23.3 Å². The van der Waals surface area contributed by atoms with Crippen molar-refractivity contribution in [2.45, 2.75) is 43.7 Å². The molecule has 0 unspecified atom stereocenters. The summed E-state index contributed by atoms with van der Waals surface area (Å²) < 4.78 is 47.4. The van der Waals surface area contributed by atoms with Crippen molar-refractivity contribution in [1.29, 1.82) is 0 Å². The van der Waals surface area contributed by atoms with Gasteiger partial charge >= 0.3 is 0 Å². The summed E-state index contributed by atoms with van der Waals surface area (Å²) in [6.07, 6.45) is 13.0. The molecule has 2 aromatic carbocycles. The van der Waals surface area contributed by atoms with Crippen LogP contribution < -0.4 is 20.5 Å². The predicted octanol–water partition coefficient (Wildman–Crippen LogP) is 6.06. The molecular weight excluding hydrogens is 504 g/mol. The fourth-order valence-corrected chi connectivity index (χ4v) is 4.13. The van der Waals surface area contributed by atoms with Gasteiger partial charge in [-0.3, -0.25) is 9.78 Å². The number of amides is 1. The lowest BCUT2D eigenvalue weighted by Gasteiger charge is -2.15. The van der Waals surface area contributed by atoms with E-state index >= 15 is 8.78 Å². The highest BCUT2D eigenvalue weighted by atomic mass is 19.1. The molecule has 0 radical (unpaired) electrons. The first-order valence-electron chi connectivity index (χ1n) is 12.9. The molecule has 2 fully saturated rings. The molecule has 0 saturated heterocycles. The van der Waals surface area contributed by atoms with E-state index in [1.807, 2.05) is 12.2 Å². The number of anilines is 1. The first-order valence-corrected chi connectivity index (χ1v) is 12.9. The van der Waals surface area contributed by atoms with E-state index in [-0.39, 0.29) is 23.1 Å². The number of nitrogens with one attached hydrogen (secondary N) is 1. The highest BCUT2D eigenvalue weighted by molar-refractivity contribution is 6.06. The summed E-state index contributed by atoms with van der Waals surface area (Å²) in [6, 6.07) is 8.75. The van der Waals surface area contributed by atoms with Gasteiger partial charge in [0, 0.05) is 35.5 Å². The molecule has 2 saturated carbocycles. The van der Waals surface area contributed by atoms with Crippen molar-refractivity contribution in [1.82, 2.24) is 4.98 Å². The van der Waals surface area contributed by atoms with Crippen LogP contribution in [-0.2, 0) is 9.53 Å². The van der Waals surface area contributed by atoms with E-state index in [2.05, 4.69) is 10.3 Å². The highest BCUT2D eigenvalue weighted by Crippen LogP contribution is 2.36. The summed E-state index contributed by atoms with van der Waals surface area (Å²) in [6.45, 7) is 0.410. The van der Waals surface area contributed by atoms with E-state index in [0.29, 0.717) is 41.0 Å². The van der Waals surface area contributed by atoms with Crippen molar-refractivity contribution >= 4 is 22.5 Å². The Morgan fingerprint density at radius 1 is 1.13 bits per heavy atom. The van der Waals surface area contributed by atoms with Gasteiger partial charge < -0.3 is 25.3 Å². The van der Waals surface area contributed by atoms with Crippen LogP contribution in [0.2, 0.25) is 0 Å². The van der Waals surface area contributed by atoms with Crippen LogP contribution in [0.4, 0.5) is 14.5 Å². The number of ether oxygens (including phenoxy) is 3. The third kappa shape index (κ3) is 5.78. The number of benzene rings is 2. The van der Waals surface area contributed by atoms with Gasteiger partial charge in [-0.25, -0.2) is 8.78 Å². The normalized spacial score (nSPS) is 17.6. The second-order valence-electron chi connectivity index (χ2n) is 10.1. The van der Waals surface area contributed by atoms with E-state index in [4.69, 9.17) is 19.9 Å². The number of hydrogen-bond donors (Lipinski definition) is 2. The molecule has 0 atom stereocenters. The number of nitrogens with zero attached hydrogens (tertiary/aromatic N) is 1. The monoisotopic (exact) mass is 531 g/mol. The summed E-state index contributed by atoms with van der Waals surface area (Å²) in [5.41, 5.74) is 6.64. The third-order valence-corrected chi connectivity index (χ3v) is 6.73. The van der Waals surface area contributed by atoms with E-state index in [1.54, 1.807) is 30.4 Å². The average molecular weight is 532 g/mol. The zero-order valence-electron chi connectivity index (χ0n) is 21.1. The predicted molar refractivity (Wildman–Crippen MR) is 142 cm³/mol. The Bertz CT molecular complexity index is 1520. The molecular formula is C30H27F2N3O4. The van der Waals surface area contributed by atoms with Gasteiger partial charge in [-0.05, 0) is 56.4 Å². The minimum atomic E-state index is -0.964. The number of rotatable bonds is 9. The molecule has 1 amide bonds. The van der Waals surface area contributed by atoms with Crippen LogP contribution in [-0.4, -0.2) is 29.1 Å². The van der Waals surface area contributed by atoms with Crippen LogP contribution >= 0.6 is 0 Å². The Morgan fingerprint density at radius 2 is 1.92 bits per heavy atom. The first-order chi connectivity index (χ1) is 18.9. The fourth-order valence-electron chi connectivity index (χ4n) is 4.13. The van der Waals surface area contributed by atoms with Crippen LogP contribution in [0.15, 0.2) is 78.2 Å².